The third-order valence-corrected chi connectivity index (χ3v) is 3.41. The maximum atomic E-state index is 13.2. The zero-order valence-corrected chi connectivity index (χ0v) is 13.1. The number of nitrogens with zero attached hydrogens (tertiary/aromatic N) is 2. The van der Waals surface area contributed by atoms with Crippen LogP contribution in [0.2, 0.25) is 0 Å². The summed E-state index contributed by atoms with van der Waals surface area (Å²) < 4.78 is 19.7. The number of nitrogens with two attached hydrogens (primary N) is 2. The van der Waals surface area contributed by atoms with Crippen LogP contribution in [0.5, 0.6) is 5.75 Å². The van der Waals surface area contributed by atoms with Gasteiger partial charge in [0.05, 0.1) is 6.21 Å². The molecule has 0 aromatic heterocycles. The lowest BCUT2D eigenvalue weighted by Crippen LogP contribution is -2.21. The molecule has 114 valence electrons. The Hall–Kier alpha value is -2.41. The van der Waals surface area contributed by atoms with Crippen LogP contribution in [0, 0.1) is 5.82 Å². The highest BCUT2D eigenvalue weighted by atomic mass is 79.9. The van der Waals surface area contributed by atoms with Crippen molar-refractivity contribution >= 4 is 28.1 Å². The van der Waals surface area contributed by atoms with E-state index in [4.69, 9.17) is 16.2 Å². The SMILES string of the molecule is NC(N)=NN=Cc1cccc(OCc2cc(F)ccc2Br)c1. The fourth-order valence-corrected chi connectivity index (χ4v) is 2.02. The Morgan fingerprint density at radius 3 is 2.82 bits per heavy atom. The molecule has 0 aliphatic rings. The Bertz CT molecular complexity index is 714. The van der Waals surface area contributed by atoms with E-state index in [1.807, 2.05) is 12.1 Å². The molecular weight excluding hydrogens is 351 g/mol. The van der Waals surface area contributed by atoms with Gasteiger partial charge in [-0.15, -0.1) is 5.10 Å². The van der Waals surface area contributed by atoms with Crippen LogP contribution in [0.25, 0.3) is 0 Å². The van der Waals surface area contributed by atoms with E-state index in [0.717, 1.165) is 15.6 Å². The van der Waals surface area contributed by atoms with Gasteiger partial charge in [-0.05, 0) is 35.9 Å². The molecule has 2 rings (SSSR count). The van der Waals surface area contributed by atoms with Crippen LogP contribution in [0.15, 0.2) is 57.1 Å². The van der Waals surface area contributed by atoms with E-state index in [-0.39, 0.29) is 18.4 Å². The van der Waals surface area contributed by atoms with Gasteiger partial charge in [0.1, 0.15) is 18.2 Å². The fraction of sp³-hybridized carbons (Fsp3) is 0.0667. The van der Waals surface area contributed by atoms with Gasteiger partial charge in [0.25, 0.3) is 0 Å². The van der Waals surface area contributed by atoms with Gasteiger partial charge in [0.2, 0.25) is 5.96 Å². The predicted octanol–water partition coefficient (Wildman–Crippen LogP) is 2.77. The quantitative estimate of drug-likeness (QED) is 0.485. The number of halogens is 2. The third-order valence-electron chi connectivity index (χ3n) is 2.64. The molecule has 0 unspecified atom stereocenters. The van der Waals surface area contributed by atoms with Gasteiger partial charge in [-0.1, -0.05) is 28.1 Å². The molecule has 0 amide bonds. The summed E-state index contributed by atoms with van der Waals surface area (Å²) in [4.78, 5) is 0. The Balaban J connectivity index is 2.06. The molecule has 0 aliphatic carbocycles. The van der Waals surface area contributed by atoms with Crippen LogP contribution in [-0.2, 0) is 6.61 Å². The van der Waals surface area contributed by atoms with Crippen molar-refractivity contribution in [2.75, 3.05) is 0 Å². The van der Waals surface area contributed by atoms with Crippen molar-refractivity contribution in [2.45, 2.75) is 6.61 Å². The Morgan fingerprint density at radius 1 is 1.23 bits per heavy atom. The zero-order valence-electron chi connectivity index (χ0n) is 11.5. The molecule has 7 heteroatoms. The highest BCUT2D eigenvalue weighted by Gasteiger charge is 2.03. The van der Waals surface area contributed by atoms with Gasteiger partial charge in [-0.25, -0.2) is 4.39 Å². The molecule has 0 atom stereocenters. The Labute approximate surface area is 135 Å². The van der Waals surface area contributed by atoms with Crippen molar-refractivity contribution in [3.05, 3.63) is 63.9 Å². The number of hydrogen-bond donors (Lipinski definition) is 2. The lowest BCUT2D eigenvalue weighted by molar-refractivity contribution is 0.305. The summed E-state index contributed by atoms with van der Waals surface area (Å²) in [5, 5.41) is 7.24. The van der Waals surface area contributed by atoms with E-state index >= 15 is 0 Å². The summed E-state index contributed by atoms with van der Waals surface area (Å²) in [7, 11) is 0. The smallest absolute Gasteiger partial charge is 0.211 e. The average molecular weight is 365 g/mol. The first-order valence-electron chi connectivity index (χ1n) is 6.33. The molecule has 0 saturated carbocycles. The molecule has 0 aliphatic heterocycles. The van der Waals surface area contributed by atoms with Crippen molar-refractivity contribution in [1.29, 1.82) is 0 Å². The summed E-state index contributed by atoms with van der Waals surface area (Å²) >= 11 is 3.36. The number of benzene rings is 2. The van der Waals surface area contributed by atoms with Gasteiger partial charge in [-0.3, -0.25) is 0 Å². The lowest BCUT2D eigenvalue weighted by Gasteiger charge is -2.08. The first kappa shape index (κ1) is 16.0. The van der Waals surface area contributed by atoms with Gasteiger partial charge in [-0.2, -0.15) is 5.10 Å². The molecule has 0 spiro atoms. The predicted molar refractivity (Wildman–Crippen MR) is 88.3 cm³/mol. The van der Waals surface area contributed by atoms with Gasteiger partial charge < -0.3 is 16.2 Å². The number of rotatable bonds is 5. The second-order valence-electron chi connectivity index (χ2n) is 4.37. The van der Waals surface area contributed by atoms with Gasteiger partial charge in [0.15, 0.2) is 0 Å². The molecule has 0 fully saturated rings. The third kappa shape index (κ3) is 4.85. The minimum Gasteiger partial charge on any atom is -0.489 e. The van der Waals surface area contributed by atoms with Crippen molar-refractivity contribution in [3.63, 3.8) is 0 Å². The lowest BCUT2D eigenvalue weighted by atomic mass is 10.2. The van der Waals surface area contributed by atoms with E-state index in [9.17, 15) is 4.39 Å². The zero-order chi connectivity index (χ0) is 15.9. The standard InChI is InChI=1S/C15H14BrFN4O/c16-14-5-4-12(17)7-11(14)9-22-13-3-1-2-10(6-13)8-20-21-15(18)19/h1-8H,9H2,(H4,18,19,21). The number of guanidine groups is 1. The van der Waals surface area contributed by atoms with Crippen LogP contribution in [0.1, 0.15) is 11.1 Å². The second-order valence-corrected chi connectivity index (χ2v) is 5.22. The van der Waals surface area contributed by atoms with E-state index in [2.05, 4.69) is 26.1 Å². The van der Waals surface area contributed by atoms with Crippen LogP contribution >= 0.6 is 15.9 Å². The topological polar surface area (TPSA) is 86.0 Å². The largest absolute Gasteiger partial charge is 0.489 e. The summed E-state index contributed by atoms with van der Waals surface area (Å²) in [6, 6.07) is 11.7. The van der Waals surface area contributed by atoms with E-state index in [1.54, 1.807) is 18.2 Å². The van der Waals surface area contributed by atoms with Crippen LogP contribution in [0.4, 0.5) is 4.39 Å². The van der Waals surface area contributed by atoms with Crippen molar-refractivity contribution in [2.24, 2.45) is 21.7 Å². The highest BCUT2D eigenvalue weighted by molar-refractivity contribution is 9.10. The minimum atomic E-state index is -0.306. The molecule has 5 nitrogen and oxygen atoms in total. The first-order valence-corrected chi connectivity index (χ1v) is 7.12. The molecular formula is C15H14BrFN4O. The normalized spacial score (nSPS) is 10.6. The number of ether oxygens (including phenoxy) is 1. The Kier molecular flexibility index (Phi) is 5.48. The molecule has 4 N–H and O–H groups in total. The molecule has 0 bridgehead atoms. The molecule has 0 heterocycles. The first-order chi connectivity index (χ1) is 10.5. The van der Waals surface area contributed by atoms with E-state index in [0.29, 0.717) is 5.75 Å². The monoisotopic (exact) mass is 364 g/mol. The molecule has 0 radical (unpaired) electrons. The summed E-state index contributed by atoms with van der Waals surface area (Å²) in [6.07, 6.45) is 1.50. The van der Waals surface area contributed by atoms with Crippen molar-refractivity contribution in [3.8, 4) is 5.75 Å². The van der Waals surface area contributed by atoms with Gasteiger partial charge >= 0.3 is 0 Å². The minimum absolute atomic E-state index is 0.111. The van der Waals surface area contributed by atoms with Crippen LogP contribution in [0.3, 0.4) is 0 Å². The summed E-state index contributed by atoms with van der Waals surface area (Å²) in [5.41, 5.74) is 11.9. The Morgan fingerprint density at radius 2 is 2.05 bits per heavy atom. The van der Waals surface area contributed by atoms with Crippen LogP contribution < -0.4 is 16.2 Å². The summed E-state index contributed by atoms with van der Waals surface area (Å²) in [6.45, 7) is 0.243. The van der Waals surface area contributed by atoms with Crippen LogP contribution in [-0.4, -0.2) is 12.2 Å². The molecule has 2 aromatic rings. The summed E-state index contributed by atoms with van der Waals surface area (Å²) in [5.74, 6) is 0.212. The van der Waals surface area contributed by atoms with Crippen molar-refractivity contribution < 1.29 is 9.13 Å². The second kappa shape index (κ2) is 7.56. The highest BCUT2D eigenvalue weighted by Crippen LogP contribution is 2.20. The fourth-order valence-electron chi connectivity index (χ4n) is 1.66. The van der Waals surface area contributed by atoms with Crippen molar-refractivity contribution in [1.82, 2.24) is 0 Å². The molecule has 2 aromatic carbocycles. The van der Waals surface area contributed by atoms with E-state index < -0.39 is 0 Å². The maximum absolute atomic E-state index is 13.2. The molecule has 22 heavy (non-hydrogen) atoms. The van der Waals surface area contributed by atoms with Gasteiger partial charge in [0, 0.05) is 10.0 Å². The molecule has 0 saturated heterocycles. The number of hydrogen-bond acceptors (Lipinski definition) is 3. The average Bonchev–Trinajstić information content (AvgIpc) is 2.48. The van der Waals surface area contributed by atoms with E-state index in [1.165, 1.54) is 18.3 Å². The maximum Gasteiger partial charge on any atom is 0.211 e.